The van der Waals surface area contributed by atoms with Gasteiger partial charge in [-0.2, -0.15) is 5.10 Å². The maximum atomic E-state index is 5.57. The van der Waals surface area contributed by atoms with Crippen LogP contribution in [0.3, 0.4) is 0 Å². The monoisotopic (exact) mass is 302 g/mol. The molecule has 0 aliphatic heterocycles. The van der Waals surface area contributed by atoms with Gasteiger partial charge in [0.1, 0.15) is 0 Å². The van der Waals surface area contributed by atoms with Crippen LogP contribution in [-0.4, -0.2) is 14.6 Å². The Kier molecular flexibility index (Phi) is 2.85. The fraction of sp³-hybridized carbons (Fsp3) is 0.0769. The van der Waals surface area contributed by atoms with E-state index in [4.69, 9.17) is 5.73 Å². The highest BCUT2D eigenvalue weighted by Crippen LogP contribution is 2.21. The lowest BCUT2D eigenvalue weighted by Gasteiger charge is -2.01. The number of aromatic nitrogens is 3. The van der Waals surface area contributed by atoms with Crippen molar-refractivity contribution in [2.24, 2.45) is 5.73 Å². The van der Waals surface area contributed by atoms with Gasteiger partial charge in [0.25, 0.3) is 0 Å². The highest BCUT2D eigenvalue weighted by Gasteiger charge is 2.04. The van der Waals surface area contributed by atoms with Crippen LogP contribution in [0.2, 0.25) is 0 Å². The van der Waals surface area contributed by atoms with E-state index in [0.29, 0.717) is 6.54 Å². The SMILES string of the molecule is NCc1cn2nc(-c3cccc(Br)c3)ccc2n1. The summed E-state index contributed by atoms with van der Waals surface area (Å²) in [7, 11) is 0. The van der Waals surface area contributed by atoms with Crippen molar-refractivity contribution in [2.75, 3.05) is 0 Å². The van der Waals surface area contributed by atoms with Crippen molar-refractivity contribution in [3.63, 3.8) is 0 Å². The van der Waals surface area contributed by atoms with Gasteiger partial charge in [-0.25, -0.2) is 9.50 Å². The van der Waals surface area contributed by atoms with Gasteiger partial charge in [0, 0.05) is 16.6 Å². The molecule has 0 atom stereocenters. The number of fused-ring (bicyclic) bond motifs is 1. The molecule has 3 rings (SSSR count). The molecule has 0 saturated heterocycles. The molecule has 5 heteroatoms. The standard InChI is InChI=1S/C13H11BrN4/c14-10-3-1-2-9(6-10)12-4-5-13-16-11(7-15)8-18(13)17-12/h1-6,8H,7,15H2. The van der Waals surface area contributed by atoms with Crippen LogP contribution < -0.4 is 5.73 Å². The van der Waals surface area contributed by atoms with E-state index in [-0.39, 0.29) is 0 Å². The Balaban J connectivity index is 2.12. The third kappa shape index (κ3) is 2.02. The van der Waals surface area contributed by atoms with Gasteiger partial charge in [-0.15, -0.1) is 0 Å². The maximum Gasteiger partial charge on any atom is 0.153 e. The van der Waals surface area contributed by atoms with Gasteiger partial charge in [0.05, 0.1) is 17.6 Å². The van der Waals surface area contributed by atoms with Crippen molar-refractivity contribution in [1.29, 1.82) is 0 Å². The minimum Gasteiger partial charge on any atom is -0.325 e. The van der Waals surface area contributed by atoms with E-state index < -0.39 is 0 Å². The van der Waals surface area contributed by atoms with Gasteiger partial charge in [-0.1, -0.05) is 28.1 Å². The first-order chi connectivity index (χ1) is 8.76. The lowest BCUT2D eigenvalue weighted by atomic mass is 10.1. The number of nitrogens with two attached hydrogens (primary N) is 1. The summed E-state index contributed by atoms with van der Waals surface area (Å²) in [5.74, 6) is 0. The quantitative estimate of drug-likeness (QED) is 0.792. The number of halogens is 1. The highest BCUT2D eigenvalue weighted by molar-refractivity contribution is 9.10. The van der Waals surface area contributed by atoms with Crippen LogP contribution in [-0.2, 0) is 6.54 Å². The van der Waals surface area contributed by atoms with Crippen molar-refractivity contribution in [2.45, 2.75) is 6.54 Å². The number of benzene rings is 1. The van der Waals surface area contributed by atoms with Crippen molar-refractivity contribution < 1.29 is 0 Å². The molecule has 0 aliphatic rings. The number of hydrogen-bond acceptors (Lipinski definition) is 3. The zero-order valence-corrected chi connectivity index (χ0v) is 11.1. The van der Waals surface area contributed by atoms with Gasteiger partial charge in [0.2, 0.25) is 0 Å². The molecule has 0 amide bonds. The molecular weight excluding hydrogens is 292 g/mol. The van der Waals surface area contributed by atoms with E-state index in [1.54, 1.807) is 4.52 Å². The van der Waals surface area contributed by atoms with Gasteiger partial charge in [0.15, 0.2) is 5.65 Å². The maximum absolute atomic E-state index is 5.57. The van der Waals surface area contributed by atoms with Crippen molar-refractivity contribution in [3.05, 3.63) is 52.8 Å². The summed E-state index contributed by atoms with van der Waals surface area (Å²) < 4.78 is 2.80. The Morgan fingerprint density at radius 2 is 2.11 bits per heavy atom. The van der Waals surface area contributed by atoms with Crippen molar-refractivity contribution in [1.82, 2.24) is 14.6 Å². The second-order valence-corrected chi connectivity index (χ2v) is 4.88. The van der Waals surface area contributed by atoms with E-state index in [2.05, 4.69) is 26.0 Å². The molecule has 0 bridgehead atoms. The largest absolute Gasteiger partial charge is 0.325 e. The van der Waals surface area contributed by atoms with E-state index in [1.165, 1.54) is 0 Å². The summed E-state index contributed by atoms with van der Waals surface area (Å²) in [6.45, 7) is 0.426. The van der Waals surface area contributed by atoms with Gasteiger partial charge in [-0.3, -0.25) is 0 Å². The minimum atomic E-state index is 0.426. The van der Waals surface area contributed by atoms with Crippen LogP contribution in [0.25, 0.3) is 16.9 Å². The Labute approximate surface area is 113 Å². The Hall–Kier alpha value is -1.72. The molecule has 0 fully saturated rings. The molecule has 0 radical (unpaired) electrons. The lowest BCUT2D eigenvalue weighted by molar-refractivity contribution is 0.934. The van der Waals surface area contributed by atoms with Crippen molar-refractivity contribution in [3.8, 4) is 11.3 Å². The summed E-state index contributed by atoms with van der Waals surface area (Å²) in [5, 5.41) is 4.53. The molecule has 2 N–H and O–H groups in total. The van der Waals surface area contributed by atoms with E-state index >= 15 is 0 Å². The second-order valence-electron chi connectivity index (χ2n) is 3.97. The van der Waals surface area contributed by atoms with Gasteiger partial charge < -0.3 is 5.73 Å². The fourth-order valence-corrected chi connectivity index (χ4v) is 2.23. The molecule has 0 saturated carbocycles. The zero-order chi connectivity index (χ0) is 12.5. The average molecular weight is 303 g/mol. The summed E-state index contributed by atoms with van der Waals surface area (Å²) in [5.41, 5.74) is 9.20. The smallest absolute Gasteiger partial charge is 0.153 e. The van der Waals surface area contributed by atoms with Crippen LogP contribution >= 0.6 is 15.9 Å². The molecule has 90 valence electrons. The molecule has 4 nitrogen and oxygen atoms in total. The molecule has 3 aromatic rings. The van der Waals surface area contributed by atoms with Gasteiger partial charge in [-0.05, 0) is 24.3 Å². The van der Waals surface area contributed by atoms with Gasteiger partial charge >= 0.3 is 0 Å². The Morgan fingerprint density at radius 3 is 2.89 bits per heavy atom. The number of hydrogen-bond donors (Lipinski definition) is 1. The lowest BCUT2D eigenvalue weighted by Crippen LogP contribution is -1.95. The topological polar surface area (TPSA) is 56.2 Å². The minimum absolute atomic E-state index is 0.426. The molecule has 1 aromatic carbocycles. The first-order valence-electron chi connectivity index (χ1n) is 5.57. The second kappa shape index (κ2) is 4.51. The molecule has 2 heterocycles. The molecule has 0 spiro atoms. The molecule has 18 heavy (non-hydrogen) atoms. The van der Waals surface area contributed by atoms with Crippen LogP contribution in [0.4, 0.5) is 0 Å². The van der Waals surface area contributed by atoms with E-state index in [0.717, 1.165) is 27.1 Å². The predicted octanol–water partition coefficient (Wildman–Crippen LogP) is 2.62. The first-order valence-corrected chi connectivity index (χ1v) is 6.37. The summed E-state index contributed by atoms with van der Waals surface area (Å²) >= 11 is 3.46. The molecule has 0 unspecified atom stereocenters. The van der Waals surface area contributed by atoms with Crippen LogP contribution in [0.5, 0.6) is 0 Å². The normalized spacial score (nSPS) is 11.0. The summed E-state index contributed by atoms with van der Waals surface area (Å²) in [6.07, 6.45) is 1.86. The van der Waals surface area contributed by atoms with Crippen LogP contribution in [0.1, 0.15) is 5.69 Å². The summed E-state index contributed by atoms with van der Waals surface area (Å²) in [4.78, 5) is 4.35. The molecular formula is C13H11BrN4. The zero-order valence-electron chi connectivity index (χ0n) is 9.55. The highest BCUT2D eigenvalue weighted by atomic mass is 79.9. The van der Waals surface area contributed by atoms with Crippen molar-refractivity contribution >= 4 is 21.6 Å². The number of rotatable bonds is 2. The Bertz CT molecular complexity index is 705. The molecule has 2 aromatic heterocycles. The Morgan fingerprint density at radius 1 is 1.22 bits per heavy atom. The van der Waals surface area contributed by atoms with Crippen LogP contribution in [0.15, 0.2) is 47.1 Å². The van der Waals surface area contributed by atoms with E-state index in [9.17, 15) is 0 Å². The predicted molar refractivity (Wildman–Crippen MR) is 74.0 cm³/mol. The average Bonchev–Trinajstić information content (AvgIpc) is 2.80. The first kappa shape index (κ1) is 11.4. The van der Waals surface area contributed by atoms with E-state index in [1.807, 2.05) is 42.6 Å². The number of nitrogens with zero attached hydrogens (tertiary/aromatic N) is 3. The van der Waals surface area contributed by atoms with Crippen LogP contribution in [0, 0.1) is 0 Å². The third-order valence-electron chi connectivity index (χ3n) is 2.70. The number of imidazole rings is 1. The summed E-state index contributed by atoms with van der Waals surface area (Å²) in [6, 6.07) is 12.0. The third-order valence-corrected chi connectivity index (χ3v) is 3.19. The fourth-order valence-electron chi connectivity index (χ4n) is 1.83. The molecule has 0 aliphatic carbocycles.